The van der Waals surface area contributed by atoms with E-state index in [1.165, 1.54) is 6.42 Å². The zero-order chi connectivity index (χ0) is 11.4. The van der Waals surface area contributed by atoms with E-state index in [4.69, 9.17) is 0 Å². The van der Waals surface area contributed by atoms with Crippen molar-refractivity contribution >= 4 is 5.96 Å². The van der Waals surface area contributed by atoms with E-state index in [0.717, 1.165) is 18.4 Å². The molecule has 0 amide bonds. The molecule has 2 N–H and O–H groups in total. The lowest BCUT2D eigenvalue weighted by Crippen LogP contribution is -2.45. The highest BCUT2D eigenvalue weighted by Crippen LogP contribution is 2.28. The Morgan fingerprint density at radius 1 is 1.40 bits per heavy atom. The number of hydrogen-bond donors (Lipinski definition) is 2. The molecule has 1 rings (SSSR count). The van der Waals surface area contributed by atoms with E-state index in [1.807, 2.05) is 0 Å². The van der Waals surface area contributed by atoms with Crippen LogP contribution < -0.4 is 10.6 Å². The van der Waals surface area contributed by atoms with Crippen molar-refractivity contribution in [2.75, 3.05) is 6.54 Å². The fraction of sp³-hybridized carbons (Fsp3) is 0.917. The first-order valence-corrected chi connectivity index (χ1v) is 6.12. The molecule has 1 aliphatic rings. The van der Waals surface area contributed by atoms with Gasteiger partial charge >= 0.3 is 0 Å². The van der Waals surface area contributed by atoms with Crippen molar-refractivity contribution in [1.29, 1.82) is 0 Å². The standard InChI is InChI=1S/C12H25N3/c1-6-13-12(14-10(5)8(2)3)15-11-7-9(11)4/h8-11H,6-7H2,1-5H3,(H2,13,14,15). The first-order valence-electron chi connectivity index (χ1n) is 6.12. The van der Waals surface area contributed by atoms with Gasteiger partial charge in [-0.05, 0) is 32.1 Å². The lowest BCUT2D eigenvalue weighted by atomic mass is 10.1. The maximum Gasteiger partial charge on any atom is 0.191 e. The van der Waals surface area contributed by atoms with Crippen molar-refractivity contribution in [3.63, 3.8) is 0 Å². The van der Waals surface area contributed by atoms with Gasteiger partial charge in [0.15, 0.2) is 5.96 Å². The second-order valence-electron chi connectivity index (χ2n) is 4.96. The molecule has 1 fully saturated rings. The van der Waals surface area contributed by atoms with Crippen molar-refractivity contribution in [3.05, 3.63) is 0 Å². The number of rotatable bonds is 4. The van der Waals surface area contributed by atoms with Gasteiger partial charge in [0.1, 0.15) is 0 Å². The second-order valence-corrected chi connectivity index (χ2v) is 4.96. The summed E-state index contributed by atoms with van der Waals surface area (Å²) in [5, 5.41) is 6.91. The topological polar surface area (TPSA) is 36.4 Å². The van der Waals surface area contributed by atoms with Gasteiger partial charge in [0.25, 0.3) is 0 Å². The Kier molecular flexibility index (Phi) is 4.43. The van der Waals surface area contributed by atoms with E-state index in [2.05, 4.69) is 50.2 Å². The highest BCUT2D eigenvalue weighted by atomic mass is 15.2. The van der Waals surface area contributed by atoms with Gasteiger partial charge in [0, 0.05) is 18.6 Å². The minimum Gasteiger partial charge on any atom is -0.354 e. The zero-order valence-electron chi connectivity index (χ0n) is 10.7. The molecular formula is C12H25N3. The molecule has 15 heavy (non-hydrogen) atoms. The van der Waals surface area contributed by atoms with Gasteiger partial charge in [0.2, 0.25) is 0 Å². The maximum atomic E-state index is 4.46. The van der Waals surface area contributed by atoms with Gasteiger partial charge in [-0.2, -0.15) is 0 Å². The molecule has 0 aromatic heterocycles. The molecular weight excluding hydrogens is 186 g/mol. The van der Waals surface area contributed by atoms with Gasteiger partial charge in [-0.15, -0.1) is 0 Å². The zero-order valence-corrected chi connectivity index (χ0v) is 10.7. The number of hydrogen-bond acceptors (Lipinski definition) is 1. The van der Waals surface area contributed by atoms with E-state index in [1.54, 1.807) is 0 Å². The monoisotopic (exact) mass is 211 g/mol. The summed E-state index contributed by atoms with van der Waals surface area (Å²) >= 11 is 0. The predicted octanol–water partition coefficient (Wildman–Crippen LogP) is 1.99. The molecule has 1 saturated carbocycles. The number of aliphatic imine (C=N–C) groups is 1. The second kappa shape index (κ2) is 5.38. The van der Waals surface area contributed by atoms with Crippen LogP contribution >= 0.6 is 0 Å². The molecule has 88 valence electrons. The molecule has 0 heterocycles. The van der Waals surface area contributed by atoms with E-state index in [0.29, 0.717) is 18.0 Å². The quantitative estimate of drug-likeness (QED) is 0.551. The minimum absolute atomic E-state index is 0.469. The van der Waals surface area contributed by atoms with Crippen LogP contribution in [0.4, 0.5) is 0 Å². The molecule has 0 spiro atoms. The van der Waals surface area contributed by atoms with Crippen LogP contribution in [0.15, 0.2) is 4.99 Å². The van der Waals surface area contributed by atoms with Gasteiger partial charge in [-0.3, -0.25) is 4.99 Å². The van der Waals surface area contributed by atoms with Crippen molar-refractivity contribution in [3.8, 4) is 0 Å². The Hall–Kier alpha value is -0.730. The Bertz CT molecular complexity index is 223. The first-order chi connectivity index (χ1) is 7.04. The Morgan fingerprint density at radius 3 is 2.40 bits per heavy atom. The van der Waals surface area contributed by atoms with Crippen LogP contribution in [0.5, 0.6) is 0 Å². The summed E-state index contributed by atoms with van der Waals surface area (Å²) in [6.07, 6.45) is 1.28. The molecule has 1 aliphatic carbocycles. The minimum atomic E-state index is 0.469. The van der Waals surface area contributed by atoms with Crippen molar-refractivity contribution in [2.45, 2.75) is 53.1 Å². The summed E-state index contributed by atoms with van der Waals surface area (Å²) in [6, 6.07) is 1.11. The van der Waals surface area contributed by atoms with Crippen LogP contribution in [0.1, 0.15) is 41.0 Å². The molecule has 3 atom stereocenters. The third-order valence-corrected chi connectivity index (χ3v) is 3.11. The average molecular weight is 211 g/mol. The van der Waals surface area contributed by atoms with Crippen LogP contribution in [0, 0.1) is 11.8 Å². The Balaban J connectivity index is 2.40. The summed E-state index contributed by atoms with van der Waals surface area (Å²) in [5.41, 5.74) is 0. The van der Waals surface area contributed by atoms with Crippen molar-refractivity contribution in [1.82, 2.24) is 10.6 Å². The maximum absolute atomic E-state index is 4.46. The highest BCUT2D eigenvalue weighted by molar-refractivity contribution is 5.80. The van der Waals surface area contributed by atoms with Crippen LogP contribution in [-0.2, 0) is 0 Å². The van der Waals surface area contributed by atoms with Gasteiger partial charge in [0.05, 0.1) is 0 Å². The third kappa shape index (κ3) is 4.10. The summed E-state index contributed by atoms with van der Waals surface area (Å²) in [6.45, 7) is 11.8. The van der Waals surface area contributed by atoms with Crippen LogP contribution in [0.3, 0.4) is 0 Å². The summed E-state index contributed by atoms with van der Waals surface area (Å²) in [5.74, 6) is 2.42. The lowest BCUT2D eigenvalue weighted by molar-refractivity contribution is 0.480. The molecule has 0 saturated heterocycles. The number of nitrogens with one attached hydrogen (secondary N) is 2. The van der Waals surface area contributed by atoms with E-state index < -0.39 is 0 Å². The summed E-state index contributed by atoms with van der Waals surface area (Å²) < 4.78 is 0. The molecule has 0 bridgehead atoms. The van der Waals surface area contributed by atoms with Gasteiger partial charge < -0.3 is 10.6 Å². The van der Waals surface area contributed by atoms with E-state index in [9.17, 15) is 0 Å². The number of nitrogens with zero attached hydrogens (tertiary/aromatic N) is 1. The molecule has 3 heteroatoms. The first kappa shape index (κ1) is 12.3. The molecule has 3 nitrogen and oxygen atoms in total. The molecule has 0 radical (unpaired) electrons. The van der Waals surface area contributed by atoms with Crippen LogP contribution in [-0.4, -0.2) is 24.6 Å². The lowest BCUT2D eigenvalue weighted by Gasteiger charge is -2.21. The predicted molar refractivity (Wildman–Crippen MR) is 66.1 cm³/mol. The highest BCUT2D eigenvalue weighted by Gasteiger charge is 2.33. The van der Waals surface area contributed by atoms with E-state index >= 15 is 0 Å². The molecule has 3 unspecified atom stereocenters. The smallest absolute Gasteiger partial charge is 0.191 e. The third-order valence-electron chi connectivity index (χ3n) is 3.11. The fourth-order valence-corrected chi connectivity index (χ4v) is 1.37. The normalized spacial score (nSPS) is 27.7. The Morgan fingerprint density at radius 2 is 2.00 bits per heavy atom. The number of guanidine groups is 1. The molecule has 0 aromatic rings. The fourth-order valence-electron chi connectivity index (χ4n) is 1.37. The van der Waals surface area contributed by atoms with Gasteiger partial charge in [-0.25, -0.2) is 0 Å². The van der Waals surface area contributed by atoms with Crippen LogP contribution in [0.25, 0.3) is 0 Å². The van der Waals surface area contributed by atoms with Crippen molar-refractivity contribution < 1.29 is 0 Å². The Labute approximate surface area is 93.7 Å². The van der Waals surface area contributed by atoms with Gasteiger partial charge in [-0.1, -0.05) is 20.8 Å². The average Bonchev–Trinajstić information content (AvgIpc) is 2.81. The van der Waals surface area contributed by atoms with Crippen LogP contribution in [0.2, 0.25) is 0 Å². The van der Waals surface area contributed by atoms with E-state index in [-0.39, 0.29) is 0 Å². The largest absolute Gasteiger partial charge is 0.354 e. The molecule has 0 aromatic carbocycles. The SMILES string of the molecule is CCN=C(NC(C)C(C)C)NC1CC1C. The molecule has 0 aliphatic heterocycles. The summed E-state index contributed by atoms with van der Waals surface area (Å²) in [4.78, 5) is 4.46. The van der Waals surface area contributed by atoms with Crippen molar-refractivity contribution in [2.24, 2.45) is 16.8 Å². The summed E-state index contributed by atoms with van der Waals surface area (Å²) in [7, 11) is 0.